The first-order valence-electron chi connectivity index (χ1n) is 5.00. The fourth-order valence-corrected chi connectivity index (χ4v) is 1.87. The Morgan fingerprint density at radius 3 is 2.80 bits per heavy atom. The normalized spacial score (nSPS) is 28.7. The summed E-state index contributed by atoms with van der Waals surface area (Å²) < 4.78 is 0. The van der Waals surface area contributed by atoms with Gasteiger partial charge in [0.05, 0.1) is 0 Å². The summed E-state index contributed by atoms with van der Waals surface area (Å²) in [7, 11) is 0. The third kappa shape index (κ3) is 1.31. The van der Waals surface area contributed by atoms with Gasteiger partial charge in [-0.3, -0.25) is 0 Å². The molecule has 0 spiro atoms. The van der Waals surface area contributed by atoms with Crippen molar-refractivity contribution in [3.63, 3.8) is 0 Å². The van der Waals surface area contributed by atoms with Crippen LogP contribution in [0.1, 0.15) is 12.8 Å². The number of fused-ring (bicyclic) bond motifs is 1. The van der Waals surface area contributed by atoms with E-state index in [1.54, 1.807) is 0 Å². The van der Waals surface area contributed by atoms with Gasteiger partial charge < -0.3 is 10.6 Å². The number of amidine groups is 2. The molecule has 3 aliphatic heterocycles. The van der Waals surface area contributed by atoms with Crippen molar-refractivity contribution < 1.29 is 0 Å². The first kappa shape index (κ1) is 8.51. The van der Waals surface area contributed by atoms with Crippen molar-refractivity contribution in [3.05, 3.63) is 0 Å². The first-order valence-corrected chi connectivity index (χ1v) is 5.00. The summed E-state index contributed by atoms with van der Waals surface area (Å²) in [4.78, 5) is 10.7. The Morgan fingerprint density at radius 1 is 1.20 bits per heavy atom. The molecular weight excluding hydrogens is 194 g/mol. The number of hydrogen-bond acceptors (Lipinski definition) is 7. The molecule has 0 amide bonds. The molecule has 3 aliphatic rings. The molecule has 0 aliphatic carbocycles. The summed E-state index contributed by atoms with van der Waals surface area (Å²) in [5.74, 6) is 1.66. The van der Waals surface area contributed by atoms with Crippen LogP contribution in [0.5, 0.6) is 0 Å². The maximum Gasteiger partial charge on any atom is 0.229 e. The number of hydrogen-bond donors (Lipinski definition) is 1. The van der Waals surface area contributed by atoms with E-state index in [0.29, 0.717) is 17.6 Å². The number of nitrogens with zero attached hydrogens (tertiary/aromatic N) is 6. The molecule has 3 heterocycles. The minimum absolute atomic E-state index is 0.351. The molecule has 1 fully saturated rings. The van der Waals surface area contributed by atoms with Gasteiger partial charge in [-0.05, 0) is 18.1 Å². The second-order valence-corrected chi connectivity index (χ2v) is 3.71. The number of guanidine groups is 1. The van der Waals surface area contributed by atoms with E-state index in [1.165, 1.54) is 12.8 Å². The van der Waals surface area contributed by atoms with E-state index in [9.17, 15) is 0 Å². The van der Waals surface area contributed by atoms with E-state index < -0.39 is 0 Å². The van der Waals surface area contributed by atoms with Gasteiger partial charge in [-0.25, -0.2) is 0 Å². The summed E-state index contributed by atoms with van der Waals surface area (Å²) in [6.07, 6.45) is 2.36. The summed E-state index contributed by atoms with van der Waals surface area (Å²) in [5.41, 5.74) is 5.79. The third-order valence-electron chi connectivity index (χ3n) is 2.67. The van der Waals surface area contributed by atoms with E-state index in [1.807, 2.05) is 0 Å². The minimum atomic E-state index is -0.351. The van der Waals surface area contributed by atoms with Crippen LogP contribution in [0.25, 0.3) is 0 Å². The summed E-state index contributed by atoms with van der Waals surface area (Å²) in [5, 5.41) is 11.2. The van der Waals surface area contributed by atoms with Crippen LogP contribution in [0.4, 0.5) is 0 Å². The fraction of sp³-hybridized carbons (Fsp3) is 0.625. The molecule has 7 heteroatoms. The van der Waals surface area contributed by atoms with Gasteiger partial charge in [-0.1, -0.05) is 0 Å². The smallest absolute Gasteiger partial charge is 0.229 e. The zero-order valence-corrected chi connectivity index (χ0v) is 8.17. The first-order chi connectivity index (χ1) is 7.34. The predicted molar refractivity (Wildman–Crippen MR) is 55.9 cm³/mol. The predicted octanol–water partition coefficient (Wildman–Crippen LogP) is -0.0431. The second-order valence-electron chi connectivity index (χ2n) is 3.71. The summed E-state index contributed by atoms with van der Waals surface area (Å²) >= 11 is 0. The van der Waals surface area contributed by atoms with Gasteiger partial charge in [-0.15, -0.1) is 10.2 Å². The lowest BCUT2D eigenvalue weighted by Gasteiger charge is -2.20. The van der Waals surface area contributed by atoms with Crippen molar-refractivity contribution in [2.75, 3.05) is 13.1 Å². The zero-order chi connectivity index (χ0) is 10.3. The molecule has 78 valence electrons. The van der Waals surface area contributed by atoms with Gasteiger partial charge in [0.1, 0.15) is 5.84 Å². The molecule has 1 saturated heterocycles. The molecule has 0 bridgehead atoms. The van der Waals surface area contributed by atoms with Crippen LogP contribution >= 0.6 is 0 Å². The van der Waals surface area contributed by atoms with Gasteiger partial charge in [-0.2, -0.15) is 9.98 Å². The molecule has 2 N–H and O–H groups in total. The highest BCUT2D eigenvalue weighted by molar-refractivity contribution is 6.19. The van der Waals surface area contributed by atoms with Crippen LogP contribution in [0.15, 0.2) is 25.4 Å². The van der Waals surface area contributed by atoms with Crippen LogP contribution in [0.2, 0.25) is 0 Å². The van der Waals surface area contributed by atoms with Crippen molar-refractivity contribution in [2.45, 2.75) is 18.9 Å². The lowest BCUT2D eigenvalue weighted by molar-refractivity contribution is 0.513. The molecule has 3 rings (SSSR count). The molecule has 0 saturated carbocycles. The Kier molecular flexibility index (Phi) is 1.77. The lowest BCUT2D eigenvalue weighted by atomic mass is 10.2. The van der Waals surface area contributed by atoms with Gasteiger partial charge in [0, 0.05) is 13.1 Å². The highest BCUT2D eigenvalue weighted by Gasteiger charge is 2.30. The lowest BCUT2D eigenvalue weighted by Crippen LogP contribution is -2.40. The molecule has 15 heavy (non-hydrogen) atoms. The van der Waals surface area contributed by atoms with E-state index in [2.05, 4.69) is 30.3 Å². The minimum Gasteiger partial charge on any atom is -0.385 e. The Morgan fingerprint density at radius 2 is 2.00 bits per heavy atom. The molecular formula is C8H11N7. The molecule has 1 unspecified atom stereocenters. The van der Waals surface area contributed by atoms with E-state index >= 15 is 0 Å². The maximum atomic E-state index is 5.79. The van der Waals surface area contributed by atoms with Gasteiger partial charge in [0.15, 0.2) is 11.9 Å². The van der Waals surface area contributed by atoms with Crippen molar-refractivity contribution in [1.29, 1.82) is 0 Å². The van der Waals surface area contributed by atoms with Crippen LogP contribution in [-0.4, -0.2) is 41.7 Å². The second kappa shape index (κ2) is 3.11. The Balaban J connectivity index is 1.91. The van der Waals surface area contributed by atoms with Crippen LogP contribution in [-0.2, 0) is 0 Å². The van der Waals surface area contributed by atoms with Crippen molar-refractivity contribution in [1.82, 2.24) is 4.90 Å². The Labute approximate surface area is 86.5 Å². The quantitative estimate of drug-likeness (QED) is 0.601. The highest BCUT2D eigenvalue weighted by atomic mass is 15.5. The topological polar surface area (TPSA) is 91.1 Å². The zero-order valence-electron chi connectivity index (χ0n) is 8.17. The highest BCUT2D eigenvalue weighted by Crippen LogP contribution is 2.16. The maximum absolute atomic E-state index is 5.79. The molecule has 0 aromatic heterocycles. The Bertz CT molecular complexity index is 399. The van der Waals surface area contributed by atoms with Crippen LogP contribution in [0, 0.1) is 0 Å². The van der Waals surface area contributed by atoms with E-state index in [4.69, 9.17) is 5.73 Å². The SMILES string of the molecule is NC1=NC(N2CCCC2)=NC2=NN=NC12. The van der Waals surface area contributed by atoms with Crippen LogP contribution in [0.3, 0.4) is 0 Å². The molecule has 0 aromatic rings. The molecule has 1 atom stereocenters. The largest absolute Gasteiger partial charge is 0.385 e. The molecule has 0 radical (unpaired) electrons. The molecule has 7 nitrogen and oxygen atoms in total. The third-order valence-corrected chi connectivity index (χ3v) is 2.67. The standard InChI is InChI=1S/C8H11N7/c9-6-5-7(13-14-12-5)11-8(10-6)15-3-1-2-4-15/h5H,1-4H2,(H2,9,10,11,12,13). The van der Waals surface area contributed by atoms with Crippen molar-refractivity contribution in [2.24, 2.45) is 31.2 Å². The van der Waals surface area contributed by atoms with Gasteiger partial charge in [0.25, 0.3) is 0 Å². The average molecular weight is 205 g/mol. The van der Waals surface area contributed by atoms with Crippen molar-refractivity contribution in [3.8, 4) is 0 Å². The van der Waals surface area contributed by atoms with E-state index in [-0.39, 0.29) is 6.04 Å². The number of nitrogens with two attached hydrogens (primary N) is 1. The monoisotopic (exact) mass is 205 g/mol. The van der Waals surface area contributed by atoms with E-state index in [0.717, 1.165) is 13.1 Å². The van der Waals surface area contributed by atoms with Crippen molar-refractivity contribution >= 4 is 17.6 Å². The van der Waals surface area contributed by atoms with Gasteiger partial charge >= 0.3 is 0 Å². The number of aliphatic imine (C=N–C) groups is 2. The summed E-state index contributed by atoms with van der Waals surface area (Å²) in [6.45, 7) is 1.98. The number of rotatable bonds is 0. The Hall–Kier alpha value is -1.79. The average Bonchev–Trinajstić information content (AvgIpc) is 2.88. The number of likely N-dealkylation sites (tertiary alicyclic amines) is 1. The summed E-state index contributed by atoms with van der Waals surface area (Å²) in [6, 6.07) is -0.351. The van der Waals surface area contributed by atoms with Crippen LogP contribution < -0.4 is 5.73 Å². The fourth-order valence-electron chi connectivity index (χ4n) is 1.87. The van der Waals surface area contributed by atoms with Gasteiger partial charge in [0.2, 0.25) is 5.96 Å². The molecule has 0 aromatic carbocycles.